The van der Waals surface area contributed by atoms with Crippen LogP contribution >= 0.6 is 0 Å². The van der Waals surface area contributed by atoms with E-state index in [1.54, 1.807) is 6.92 Å². The Morgan fingerprint density at radius 2 is 1.93 bits per heavy atom. The molecule has 0 bridgehead atoms. The van der Waals surface area contributed by atoms with Gasteiger partial charge >= 0.3 is 5.97 Å². The second kappa shape index (κ2) is 9.27. The number of carbonyl (C=O) groups excluding carboxylic acids is 2. The van der Waals surface area contributed by atoms with Crippen molar-refractivity contribution in [2.24, 2.45) is 0 Å². The van der Waals surface area contributed by atoms with Gasteiger partial charge in [-0.2, -0.15) is 0 Å². The first kappa shape index (κ1) is 21.1. The van der Waals surface area contributed by atoms with Gasteiger partial charge in [0.25, 0.3) is 5.91 Å². The summed E-state index contributed by atoms with van der Waals surface area (Å²) in [6, 6.07) is 7.62. The third kappa shape index (κ3) is 4.88. The smallest absolute Gasteiger partial charge is 0.355 e. The molecule has 0 aliphatic carbocycles. The molecule has 1 amide bonds. The number of ether oxygens (including phenoxy) is 2. The zero-order valence-corrected chi connectivity index (χ0v) is 17.7. The van der Waals surface area contributed by atoms with Gasteiger partial charge in [0.15, 0.2) is 0 Å². The van der Waals surface area contributed by atoms with E-state index in [9.17, 15) is 9.59 Å². The molecule has 3 rings (SSSR count). The van der Waals surface area contributed by atoms with Gasteiger partial charge in [-0.1, -0.05) is 17.7 Å². The molecule has 2 heterocycles. The van der Waals surface area contributed by atoms with E-state index in [1.165, 1.54) is 0 Å². The topological polar surface area (TPSA) is 71.6 Å². The Morgan fingerprint density at radius 3 is 2.55 bits per heavy atom. The van der Waals surface area contributed by atoms with Crippen LogP contribution in [-0.4, -0.2) is 47.6 Å². The van der Waals surface area contributed by atoms with Gasteiger partial charge in [0.05, 0.1) is 12.7 Å². The number of benzene rings is 1. The molecule has 1 aliphatic heterocycles. The third-order valence-corrected chi connectivity index (χ3v) is 5.46. The summed E-state index contributed by atoms with van der Waals surface area (Å²) in [4.78, 5) is 30.5. The molecule has 6 heteroatoms. The van der Waals surface area contributed by atoms with Crippen LogP contribution in [0.5, 0.6) is 0 Å². The number of amides is 1. The van der Waals surface area contributed by atoms with Crippen molar-refractivity contribution in [3.63, 3.8) is 0 Å². The molecular weight excluding hydrogens is 368 g/mol. The fraction of sp³-hybridized carbons (Fsp3) is 0.478. The number of rotatable bonds is 7. The molecule has 1 aliphatic rings. The van der Waals surface area contributed by atoms with Crippen LogP contribution in [-0.2, 0) is 16.0 Å². The minimum atomic E-state index is -0.366. The summed E-state index contributed by atoms with van der Waals surface area (Å²) in [5.41, 5.74) is 4.88. The monoisotopic (exact) mass is 398 g/mol. The predicted molar refractivity (Wildman–Crippen MR) is 111 cm³/mol. The summed E-state index contributed by atoms with van der Waals surface area (Å²) < 4.78 is 10.9. The molecule has 29 heavy (non-hydrogen) atoms. The van der Waals surface area contributed by atoms with Gasteiger partial charge in [0.2, 0.25) is 0 Å². The number of nitrogens with one attached hydrogen (secondary N) is 1. The number of aryl methyl sites for hydroxylation is 2. The predicted octanol–water partition coefficient (Wildman–Crippen LogP) is 3.94. The Balaban J connectivity index is 1.87. The summed E-state index contributed by atoms with van der Waals surface area (Å²) in [5.74, 6) is -0.395. The Kier molecular flexibility index (Phi) is 6.75. The summed E-state index contributed by atoms with van der Waals surface area (Å²) >= 11 is 0. The van der Waals surface area contributed by atoms with Gasteiger partial charge in [-0.3, -0.25) is 4.79 Å². The number of carbonyl (C=O) groups is 2. The van der Waals surface area contributed by atoms with Crippen LogP contribution < -0.4 is 0 Å². The van der Waals surface area contributed by atoms with Crippen molar-refractivity contribution in [2.45, 2.75) is 53.2 Å². The molecule has 0 unspecified atom stereocenters. The Hall–Kier alpha value is -2.60. The Morgan fingerprint density at radius 1 is 1.21 bits per heavy atom. The highest BCUT2D eigenvalue weighted by Crippen LogP contribution is 2.23. The van der Waals surface area contributed by atoms with Crippen molar-refractivity contribution in [3.05, 3.63) is 57.9 Å². The minimum absolute atomic E-state index is 0.0295. The summed E-state index contributed by atoms with van der Waals surface area (Å²) in [6.07, 6.45) is 2.03. The molecule has 1 atom stereocenters. The largest absolute Gasteiger partial charge is 0.461 e. The fourth-order valence-corrected chi connectivity index (χ4v) is 3.76. The average Bonchev–Trinajstić information content (AvgIpc) is 3.31. The van der Waals surface area contributed by atoms with Gasteiger partial charge in [0, 0.05) is 31.0 Å². The molecule has 156 valence electrons. The number of aromatic nitrogens is 1. The number of hydrogen-bond donors (Lipinski definition) is 1. The van der Waals surface area contributed by atoms with Crippen LogP contribution in [0.3, 0.4) is 0 Å². The van der Waals surface area contributed by atoms with Crippen molar-refractivity contribution in [2.75, 3.05) is 19.8 Å². The highest BCUT2D eigenvalue weighted by Gasteiger charge is 2.26. The van der Waals surface area contributed by atoms with E-state index in [-0.39, 0.29) is 18.0 Å². The van der Waals surface area contributed by atoms with Crippen molar-refractivity contribution in [1.29, 1.82) is 0 Å². The molecule has 1 saturated heterocycles. The molecule has 6 nitrogen and oxygen atoms in total. The maximum absolute atomic E-state index is 13.3. The molecule has 2 aromatic rings. The fourth-order valence-electron chi connectivity index (χ4n) is 3.76. The lowest BCUT2D eigenvalue weighted by Crippen LogP contribution is -2.37. The van der Waals surface area contributed by atoms with Gasteiger partial charge < -0.3 is 19.4 Å². The van der Waals surface area contributed by atoms with Crippen molar-refractivity contribution in [1.82, 2.24) is 9.88 Å². The number of esters is 1. The number of aromatic amines is 1. The summed E-state index contributed by atoms with van der Waals surface area (Å²) in [5, 5.41) is 0. The molecule has 1 aromatic carbocycles. The van der Waals surface area contributed by atoms with Crippen LogP contribution in [0.2, 0.25) is 0 Å². The zero-order valence-electron chi connectivity index (χ0n) is 17.7. The highest BCUT2D eigenvalue weighted by molar-refractivity contribution is 5.94. The van der Waals surface area contributed by atoms with Gasteiger partial charge in [-0.25, -0.2) is 4.79 Å². The molecule has 0 spiro atoms. The average molecular weight is 399 g/mol. The summed E-state index contributed by atoms with van der Waals surface area (Å²) in [7, 11) is 0. The number of hydrogen-bond acceptors (Lipinski definition) is 4. The second-order valence-corrected chi connectivity index (χ2v) is 7.64. The van der Waals surface area contributed by atoms with Crippen LogP contribution in [0.15, 0.2) is 24.3 Å². The first-order valence-electron chi connectivity index (χ1n) is 10.2. The third-order valence-electron chi connectivity index (χ3n) is 5.46. The first-order chi connectivity index (χ1) is 13.9. The molecule has 1 aromatic heterocycles. The molecule has 1 N–H and O–H groups in total. The van der Waals surface area contributed by atoms with E-state index < -0.39 is 0 Å². The molecular formula is C23H30N2O4. The second-order valence-electron chi connectivity index (χ2n) is 7.64. The van der Waals surface area contributed by atoms with E-state index >= 15 is 0 Å². The maximum Gasteiger partial charge on any atom is 0.355 e. The van der Waals surface area contributed by atoms with E-state index in [4.69, 9.17) is 9.47 Å². The SMILES string of the molecule is CCOC(=O)c1[nH]c(C)c(CN(C[C@H]2CCCO2)C(=O)c2ccc(C)cc2)c1C. The van der Waals surface area contributed by atoms with E-state index in [0.29, 0.717) is 31.0 Å². The van der Waals surface area contributed by atoms with Crippen molar-refractivity contribution < 1.29 is 19.1 Å². The first-order valence-corrected chi connectivity index (χ1v) is 10.2. The lowest BCUT2D eigenvalue weighted by molar-refractivity contribution is 0.0506. The van der Waals surface area contributed by atoms with Crippen LogP contribution in [0, 0.1) is 20.8 Å². The van der Waals surface area contributed by atoms with Crippen molar-refractivity contribution >= 4 is 11.9 Å². The number of H-pyrrole nitrogens is 1. The van der Waals surface area contributed by atoms with E-state index in [0.717, 1.165) is 41.8 Å². The van der Waals surface area contributed by atoms with Gasteiger partial charge in [-0.05, 0) is 63.8 Å². The lowest BCUT2D eigenvalue weighted by atomic mass is 10.1. The molecule has 0 radical (unpaired) electrons. The zero-order chi connectivity index (χ0) is 21.0. The van der Waals surface area contributed by atoms with Crippen LogP contribution in [0.1, 0.15) is 63.0 Å². The summed E-state index contributed by atoms with van der Waals surface area (Å²) in [6.45, 7) is 9.62. The van der Waals surface area contributed by atoms with Gasteiger partial charge in [-0.15, -0.1) is 0 Å². The lowest BCUT2D eigenvalue weighted by Gasteiger charge is -2.26. The van der Waals surface area contributed by atoms with Crippen LogP contribution in [0.4, 0.5) is 0 Å². The van der Waals surface area contributed by atoms with Gasteiger partial charge in [0.1, 0.15) is 5.69 Å². The van der Waals surface area contributed by atoms with E-state index in [2.05, 4.69) is 4.98 Å². The van der Waals surface area contributed by atoms with E-state index in [1.807, 2.05) is 49.9 Å². The Labute approximate surface area is 172 Å². The molecule has 1 fully saturated rings. The Bertz CT molecular complexity index is 864. The standard InChI is InChI=1S/C23H30N2O4/c1-5-28-23(27)21-16(3)20(17(4)24-21)14-25(13-19-7-6-12-29-19)22(26)18-10-8-15(2)9-11-18/h8-11,19,24H,5-7,12-14H2,1-4H3/t19-/m1/s1. The highest BCUT2D eigenvalue weighted by atomic mass is 16.5. The quantitative estimate of drug-likeness (QED) is 0.717. The maximum atomic E-state index is 13.3. The molecule has 0 saturated carbocycles. The minimum Gasteiger partial charge on any atom is -0.461 e. The van der Waals surface area contributed by atoms with Crippen LogP contribution in [0.25, 0.3) is 0 Å². The normalized spacial score (nSPS) is 16.1. The number of nitrogens with zero attached hydrogens (tertiary/aromatic N) is 1. The van der Waals surface area contributed by atoms with Crippen molar-refractivity contribution in [3.8, 4) is 0 Å².